The lowest BCUT2D eigenvalue weighted by molar-refractivity contribution is -0.123. The van der Waals surface area contributed by atoms with Gasteiger partial charge in [-0.25, -0.2) is 0 Å². The zero-order valence-electron chi connectivity index (χ0n) is 10.8. The van der Waals surface area contributed by atoms with Crippen LogP contribution in [0.4, 0.5) is 0 Å². The average Bonchev–Trinajstić information content (AvgIpc) is 3.09. The first-order valence-electron chi connectivity index (χ1n) is 7.01. The van der Waals surface area contributed by atoms with Crippen molar-refractivity contribution in [2.45, 2.75) is 32.1 Å². The van der Waals surface area contributed by atoms with Crippen molar-refractivity contribution >= 4 is 11.8 Å². The van der Waals surface area contributed by atoms with Crippen molar-refractivity contribution in [2.75, 3.05) is 26.2 Å². The van der Waals surface area contributed by atoms with Crippen LogP contribution < -0.4 is 16.0 Å². The predicted molar refractivity (Wildman–Crippen MR) is 69.0 cm³/mol. The first-order chi connectivity index (χ1) is 8.75. The van der Waals surface area contributed by atoms with Crippen molar-refractivity contribution in [1.29, 1.82) is 0 Å². The first kappa shape index (κ1) is 13.3. The van der Waals surface area contributed by atoms with Crippen LogP contribution in [0.5, 0.6) is 0 Å². The van der Waals surface area contributed by atoms with Crippen molar-refractivity contribution in [2.24, 2.45) is 11.8 Å². The standard InChI is InChI=1S/C13H23N3O2/c17-12(4-1-10-5-6-14-9-10)15-7-8-16-13(18)11-2-3-11/h10-11,14H,1-9H2,(H,15,17)(H,16,18). The van der Waals surface area contributed by atoms with Crippen LogP contribution in [0.2, 0.25) is 0 Å². The number of rotatable bonds is 7. The highest BCUT2D eigenvalue weighted by molar-refractivity contribution is 5.81. The Morgan fingerprint density at radius 1 is 1.11 bits per heavy atom. The molecule has 2 fully saturated rings. The van der Waals surface area contributed by atoms with E-state index in [0.717, 1.165) is 32.4 Å². The molecule has 5 heteroatoms. The molecule has 1 aliphatic heterocycles. The third kappa shape index (κ3) is 4.64. The number of hydrogen-bond acceptors (Lipinski definition) is 3. The summed E-state index contributed by atoms with van der Waals surface area (Å²) >= 11 is 0. The van der Waals surface area contributed by atoms with Crippen LogP contribution in [0.1, 0.15) is 32.1 Å². The molecule has 3 N–H and O–H groups in total. The normalized spacial score (nSPS) is 22.8. The number of amides is 2. The molecule has 2 amide bonds. The summed E-state index contributed by atoms with van der Waals surface area (Å²) in [6.45, 7) is 3.22. The molecule has 102 valence electrons. The van der Waals surface area contributed by atoms with E-state index in [1.165, 1.54) is 6.42 Å². The molecule has 0 aromatic heterocycles. The summed E-state index contributed by atoms with van der Waals surface area (Å²) in [5.74, 6) is 1.14. The van der Waals surface area contributed by atoms with Crippen molar-refractivity contribution in [1.82, 2.24) is 16.0 Å². The third-order valence-corrected chi connectivity index (χ3v) is 3.64. The predicted octanol–water partition coefficient (Wildman–Crippen LogP) is 0.0185. The van der Waals surface area contributed by atoms with Gasteiger partial charge in [-0.05, 0) is 44.7 Å². The molecule has 1 heterocycles. The van der Waals surface area contributed by atoms with E-state index in [0.29, 0.717) is 25.4 Å². The van der Waals surface area contributed by atoms with Crippen LogP contribution in [-0.4, -0.2) is 38.0 Å². The summed E-state index contributed by atoms with van der Waals surface area (Å²) in [6.07, 6.45) is 4.79. The molecule has 2 aliphatic rings. The lowest BCUT2D eigenvalue weighted by Gasteiger charge is -2.09. The molecule has 0 spiro atoms. The summed E-state index contributed by atoms with van der Waals surface area (Å²) in [7, 11) is 0. The second-order valence-electron chi connectivity index (χ2n) is 5.31. The molecule has 1 unspecified atom stereocenters. The van der Waals surface area contributed by atoms with Gasteiger partial charge in [0.2, 0.25) is 11.8 Å². The maximum absolute atomic E-state index is 11.5. The number of hydrogen-bond donors (Lipinski definition) is 3. The molecular weight excluding hydrogens is 230 g/mol. The van der Waals surface area contributed by atoms with Crippen LogP contribution in [0.15, 0.2) is 0 Å². The van der Waals surface area contributed by atoms with Crippen LogP contribution >= 0.6 is 0 Å². The van der Waals surface area contributed by atoms with E-state index in [9.17, 15) is 9.59 Å². The van der Waals surface area contributed by atoms with Gasteiger partial charge in [-0.2, -0.15) is 0 Å². The minimum Gasteiger partial charge on any atom is -0.354 e. The van der Waals surface area contributed by atoms with E-state index in [1.54, 1.807) is 0 Å². The zero-order valence-corrected chi connectivity index (χ0v) is 10.8. The fraction of sp³-hybridized carbons (Fsp3) is 0.846. The third-order valence-electron chi connectivity index (χ3n) is 3.64. The van der Waals surface area contributed by atoms with Crippen molar-refractivity contribution in [3.05, 3.63) is 0 Å². The highest BCUT2D eigenvalue weighted by atomic mass is 16.2. The van der Waals surface area contributed by atoms with E-state index in [4.69, 9.17) is 0 Å². The molecule has 0 radical (unpaired) electrons. The molecule has 1 atom stereocenters. The molecule has 5 nitrogen and oxygen atoms in total. The van der Waals surface area contributed by atoms with Crippen LogP contribution in [0.25, 0.3) is 0 Å². The minimum absolute atomic E-state index is 0.0996. The summed E-state index contributed by atoms with van der Waals surface area (Å²) in [4.78, 5) is 22.9. The Bertz CT molecular complexity index is 297. The van der Waals surface area contributed by atoms with Gasteiger partial charge in [-0.15, -0.1) is 0 Å². The first-order valence-corrected chi connectivity index (χ1v) is 7.01. The van der Waals surface area contributed by atoms with Gasteiger partial charge in [0.15, 0.2) is 0 Å². The SMILES string of the molecule is O=C(CCC1CCNC1)NCCNC(=O)C1CC1. The van der Waals surface area contributed by atoms with E-state index < -0.39 is 0 Å². The Kier molecular flexibility index (Phi) is 4.99. The Morgan fingerprint density at radius 3 is 2.56 bits per heavy atom. The molecule has 1 saturated carbocycles. The van der Waals surface area contributed by atoms with Crippen LogP contribution in [-0.2, 0) is 9.59 Å². The quantitative estimate of drug-likeness (QED) is 0.560. The largest absolute Gasteiger partial charge is 0.354 e. The summed E-state index contributed by atoms with van der Waals surface area (Å²) in [5.41, 5.74) is 0. The summed E-state index contributed by atoms with van der Waals surface area (Å²) in [5, 5.41) is 8.98. The highest BCUT2D eigenvalue weighted by Crippen LogP contribution is 2.28. The average molecular weight is 253 g/mol. The Balaban J connectivity index is 1.45. The molecule has 2 rings (SSSR count). The van der Waals surface area contributed by atoms with E-state index >= 15 is 0 Å². The highest BCUT2D eigenvalue weighted by Gasteiger charge is 2.28. The number of nitrogens with one attached hydrogen (secondary N) is 3. The summed E-state index contributed by atoms with van der Waals surface area (Å²) in [6, 6.07) is 0. The maximum atomic E-state index is 11.5. The van der Waals surface area contributed by atoms with Gasteiger partial charge in [0.1, 0.15) is 0 Å². The molecule has 1 saturated heterocycles. The molecule has 1 aliphatic carbocycles. The minimum atomic E-state index is 0.0996. The topological polar surface area (TPSA) is 70.2 Å². The molecule has 0 bridgehead atoms. The second kappa shape index (κ2) is 6.73. The van der Waals surface area contributed by atoms with Crippen molar-refractivity contribution in [3.63, 3.8) is 0 Å². The molecule has 0 aromatic rings. The maximum Gasteiger partial charge on any atom is 0.223 e. The van der Waals surface area contributed by atoms with Gasteiger partial charge >= 0.3 is 0 Å². The van der Waals surface area contributed by atoms with Gasteiger partial charge in [-0.3, -0.25) is 9.59 Å². The van der Waals surface area contributed by atoms with Gasteiger partial charge in [0.25, 0.3) is 0 Å². The lowest BCUT2D eigenvalue weighted by atomic mass is 10.0. The van der Waals surface area contributed by atoms with Gasteiger partial charge in [0, 0.05) is 25.4 Å². The summed E-state index contributed by atoms with van der Waals surface area (Å²) < 4.78 is 0. The Labute approximate surface area is 108 Å². The Hall–Kier alpha value is -1.10. The van der Waals surface area contributed by atoms with E-state index in [-0.39, 0.29) is 17.7 Å². The van der Waals surface area contributed by atoms with Crippen LogP contribution in [0, 0.1) is 11.8 Å². The molecule has 18 heavy (non-hydrogen) atoms. The van der Waals surface area contributed by atoms with Crippen molar-refractivity contribution in [3.8, 4) is 0 Å². The van der Waals surface area contributed by atoms with Gasteiger partial charge < -0.3 is 16.0 Å². The fourth-order valence-corrected chi connectivity index (χ4v) is 2.26. The van der Waals surface area contributed by atoms with Crippen LogP contribution in [0.3, 0.4) is 0 Å². The lowest BCUT2D eigenvalue weighted by Crippen LogP contribution is -2.35. The Morgan fingerprint density at radius 2 is 1.89 bits per heavy atom. The number of carbonyl (C=O) groups is 2. The van der Waals surface area contributed by atoms with Crippen molar-refractivity contribution < 1.29 is 9.59 Å². The zero-order chi connectivity index (χ0) is 12.8. The van der Waals surface area contributed by atoms with E-state index in [2.05, 4.69) is 16.0 Å². The van der Waals surface area contributed by atoms with Gasteiger partial charge in [-0.1, -0.05) is 0 Å². The second-order valence-corrected chi connectivity index (χ2v) is 5.31. The molecule has 0 aromatic carbocycles. The monoisotopic (exact) mass is 253 g/mol. The van der Waals surface area contributed by atoms with E-state index in [1.807, 2.05) is 0 Å². The van der Waals surface area contributed by atoms with Gasteiger partial charge in [0.05, 0.1) is 0 Å². The smallest absolute Gasteiger partial charge is 0.223 e. The fourth-order valence-electron chi connectivity index (χ4n) is 2.26. The molecular formula is C13H23N3O2. The number of carbonyl (C=O) groups excluding carboxylic acids is 2.